The zero-order valence-corrected chi connectivity index (χ0v) is 9.36. The number of epoxide rings is 1. The van der Waals surface area contributed by atoms with Crippen molar-refractivity contribution in [1.29, 1.82) is 0 Å². The van der Waals surface area contributed by atoms with Crippen molar-refractivity contribution in [2.24, 2.45) is 0 Å². The van der Waals surface area contributed by atoms with E-state index in [1.807, 2.05) is 0 Å². The smallest absolute Gasteiger partial charge is 0.377 e. The SMILES string of the molecule is COC(=O)C(=O)[C@H]1O[C@@H]1c1ccc([N+](=O)[O-])cc1. The molecule has 0 unspecified atom stereocenters. The quantitative estimate of drug-likeness (QED) is 0.258. The molecule has 2 atom stereocenters. The van der Waals surface area contributed by atoms with Gasteiger partial charge in [0.15, 0.2) is 6.10 Å². The zero-order valence-electron chi connectivity index (χ0n) is 9.36. The molecule has 2 rings (SSSR count). The van der Waals surface area contributed by atoms with Gasteiger partial charge in [-0.1, -0.05) is 0 Å². The van der Waals surface area contributed by atoms with Crippen LogP contribution in [0, 0.1) is 10.1 Å². The van der Waals surface area contributed by atoms with E-state index in [0.717, 1.165) is 7.11 Å². The number of ketones is 1. The van der Waals surface area contributed by atoms with E-state index in [4.69, 9.17) is 4.74 Å². The molecule has 1 aromatic carbocycles. The van der Waals surface area contributed by atoms with Gasteiger partial charge in [0.25, 0.3) is 11.5 Å². The van der Waals surface area contributed by atoms with E-state index >= 15 is 0 Å². The summed E-state index contributed by atoms with van der Waals surface area (Å²) >= 11 is 0. The number of ether oxygens (including phenoxy) is 2. The van der Waals surface area contributed by atoms with Crippen LogP contribution in [0.5, 0.6) is 0 Å². The molecule has 94 valence electrons. The van der Waals surface area contributed by atoms with Crippen molar-refractivity contribution in [3.8, 4) is 0 Å². The van der Waals surface area contributed by atoms with Crippen LogP contribution in [0.1, 0.15) is 11.7 Å². The summed E-state index contributed by atoms with van der Waals surface area (Å²) in [5.41, 5.74) is 0.568. The van der Waals surface area contributed by atoms with Crippen LogP contribution < -0.4 is 0 Å². The average Bonchev–Trinajstić information content (AvgIpc) is 3.17. The normalized spacial score (nSPS) is 21.2. The summed E-state index contributed by atoms with van der Waals surface area (Å²) in [4.78, 5) is 32.3. The van der Waals surface area contributed by atoms with Crippen molar-refractivity contribution >= 4 is 17.4 Å². The van der Waals surface area contributed by atoms with Crippen LogP contribution in [-0.4, -0.2) is 29.9 Å². The summed E-state index contributed by atoms with van der Waals surface area (Å²) < 4.78 is 9.36. The van der Waals surface area contributed by atoms with Crippen LogP contribution in [0.15, 0.2) is 24.3 Å². The maximum absolute atomic E-state index is 11.4. The van der Waals surface area contributed by atoms with E-state index in [1.165, 1.54) is 24.3 Å². The highest BCUT2D eigenvalue weighted by Gasteiger charge is 2.49. The van der Waals surface area contributed by atoms with Crippen molar-refractivity contribution in [2.75, 3.05) is 7.11 Å². The van der Waals surface area contributed by atoms with Gasteiger partial charge in [0.2, 0.25) is 0 Å². The molecule has 7 nitrogen and oxygen atoms in total. The van der Waals surface area contributed by atoms with E-state index in [0.29, 0.717) is 5.56 Å². The highest BCUT2D eigenvalue weighted by molar-refractivity contribution is 6.36. The second kappa shape index (κ2) is 4.53. The molecule has 1 aliphatic rings. The average molecular weight is 251 g/mol. The molecule has 1 aromatic rings. The molecule has 7 heteroatoms. The van der Waals surface area contributed by atoms with Crippen LogP contribution in [0.3, 0.4) is 0 Å². The first-order chi connectivity index (χ1) is 8.54. The Balaban J connectivity index is 2.05. The molecule has 0 aliphatic carbocycles. The van der Waals surface area contributed by atoms with Crippen molar-refractivity contribution < 1.29 is 24.0 Å². The van der Waals surface area contributed by atoms with E-state index in [1.54, 1.807) is 0 Å². The van der Waals surface area contributed by atoms with Crippen LogP contribution >= 0.6 is 0 Å². The molecule has 0 aromatic heterocycles. The third-order valence-corrected chi connectivity index (χ3v) is 2.57. The number of nitro benzene ring substituents is 1. The number of methoxy groups -OCH3 is 1. The summed E-state index contributed by atoms with van der Waals surface area (Å²) in [6.07, 6.45) is -1.38. The number of benzene rings is 1. The van der Waals surface area contributed by atoms with Gasteiger partial charge in [-0.25, -0.2) is 4.79 Å². The Morgan fingerprint density at radius 2 is 1.94 bits per heavy atom. The lowest BCUT2D eigenvalue weighted by molar-refractivity contribution is -0.384. The molecule has 1 heterocycles. The molecule has 18 heavy (non-hydrogen) atoms. The third-order valence-electron chi connectivity index (χ3n) is 2.57. The lowest BCUT2D eigenvalue weighted by Gasteiger charge is -1.96. The number of non-ortho nitro benzene ring substituents is 1. The highest BCUT2D eigenvalue weighted by Crippen LogP contribution is 2.39. The summed E-state index contributed by atoms with van der Waals surface area (Å²) in [5.74, 6) is -1.70. The standard InChI is InChI=1S/C11H9NO6/c1-17-11(14)8(13)10-9(18-10)6-2-4-7(5-3-6)12(15)16/h2-5,9-10H,1H3/t9-,10-/m1/s1. The molecule has 1 aliphatic heterocycles. The first-order valence-corrected chi connectivity index (χ1v) is 5.06. The first-order valence-electron chi connectivity index (χ1n) is 5.06. The maximum atomic E-state index is 11.4. The number of carbonyl (C=O) groups excluding carboxylic acids is 2. The molecule has 0 bridgehead atoms. The summed E-state index contributed by atoms with van der Waals surface area (Å²) in [7, 11) is 1.11. The fourth-order valence-corrected chi connectivity index (χ4v) is 1.57. The minimum atomic E-state index is -0.954. The Morgan fingerprint density at radius 1 is 1.33 bits per heavy atom. The number of hydrogen-bond acceptors (Lipinski definition) is 6. The lowest BCUT2D eigenvalue weighted by Crippen LogP contribution is -2.21. The van der Waals surface area contributed by atoms with Crippen LogP contribution in [-0.2, 0) is 19.1 Å². The van der Waals surface area contributed by atoms with Gasteiger partial charge < -0.3 is 9.47 Å². The Kier molecular flexibility index (Phi) is 3.07. The topological polar surface area (TPSA) is 99.0 Å². The monoisotopic (exact) mass is 251 g/mol. The van der Waals surface area contributed by atoms with E-state index in [9.17, 15) is 19.7 Å². The second-order valence-electron chi connectivity index (χ2n) is 3.68. The van der Waals surface area contributed by atoms with Gasteiger partial charge in [-0.2, -0.15) is 0 Å². The van der Waals surface area contributed by atoms with Crippen LogP contribution in [0.2, 0.25) is 0 Å². The van der Waals surface area contributed by atoms with Crippen molar-refractivity contribution in [1.82, 2.24) is 0 Å². The molecule has 0 N–H and O–H groups in total. The van der Waals surface area contributed by atoms with Gasteiger partial charge in [-0.3, -0.25) is 14.9 Å². The minimum absolute atomic E-state index is 0.0461. The predicted octanol–water partition coefficient (Wildman–Crippen LogP) is 0.777. The minimum Gasteiger partial charge on any atom is -0.463 e. The number of carbonyl (C=O) groups is 2. The molecule has 1 saturated heterocycles. The van der Waals surface area contributed by atoms with E-state index < -0.39 is 28.9 Å². The first kappa shape index (κ1) is 12.2. The third kappa shape index (κ3) is 2.21. The summed E-state index contributed by atoms with van der Waals surface area (Å²) in [6.45, 7) is 0. The number of nitro groups is 1. The van der Waals surface area contributed by atoms with Crippen LogP contribution in [0.4, 0.5) is 5.69 Å². The molecule has 0 radical (unpaired) electrons. The summed E-state index contributed by atoms with van der Waals surface area (Å²) in [6, 6.07) is 5.62. The van der Waals surface area contributed by atoms with Gasteiger partial charge in [0, 0.05) is 12.1 Å². The van der Waals surface area contributed by atoms with Gasteiger partial charge in [-0.15, -0.1) is 0 Å². The van der Waals surface area contributed by atoms with Crippen molar-refractivity contribution in [3.05, 3.63) is 39.9 Å². The molecule has 1 fully saturated rings. The molecular formula is C11H9NO6. The van der Waals surface area contributed by atoms with E-state index in [2.05, 4.69) is 4.74 Å². The number of Topliss-reactive ketones (excluding diaryl/α,β-unsaturated/α-hetero) is 1. The molecule has 0 spiro atoms. The highest BCUT2D eigenvalue weighted by atomic mass is 16.6. The van der Waals surface area contributed by atoms with Crippen molar-refractivity contribution in [2.45, 2.75) is 12.2 Å². The molecular weight excluding hydrogens is 242 g/mol. The van der Waals surface area contributed by atoms with Gasteiger partial charge in [0.05, 0.1) is 12.0 Å². The van der Waals surface area contributed by atoms with Gasteiger partial charge in [-0.05, 0) is 17.7 Å². The fraction of sp³-hybridized carbons (Fsp3) is 0.273. The Morgan fingerprint density at radius 3 is 2.44 bits per heavy atom. The number of rotatable bonds is 4. The number of esters is 1. The number of nitrogens with zero attached hydrogens (tertiary/aromatic N) is 1. The zero-order chi connectivity index (χ0) is 13.3. The van der Waals surface area contributed by atoms with Gasteiger partial charge in [0.1, 0.15) is 6.10 Å². The van der Waals surface area contributed by atoms with Crippen LogP contribution in [0.25, 0.3) is 0 Å². The van der Waals surface area contributed by atoms with E-state index in [-0.39, 0.29) is 5.69 Å². The fourth-order valence-electron chi connectivity index (χ4n) is 1.57. The number of hydrogen-bond donors (Lipinski definition) is 0. The predicted molar refractivity (Wildman–Crippen MR) is 57.7 cm³/mol. The van der Waals surface area contributed by atoms with Crippen molar-refractivity contribution in [3.63, 3.8) is 0 Å². The molecule has 0 saturated carbocycles. The Bertz CT molecular complexity index is 509. The Hall–Kier alpha value is -2.28. The Labute approximate surface area is 101 Å². The molecule has 0 amide bonds. The lowest BCUT2D eigenvalue weighted by atomic mass is 10.1. The van der Waals surface area contributed by atoms with Gasteiger partial charge >= 0.3 is 5.97 Å². The summed E-state index contributed by atoms with van der Waals surface area (Å²) in [5, 5.41) is 10.5. The maximum Gasteiger partial charge on any atom is 0.377 e. The largest absolute Gasteiger partial charge is 0.463 e. The second-order valence-corrected chi connectivity index (χ2v) is 3.68.